The van der Waals surface area contributed by atoms with Crippen molar-refractivity contribution in [3.8, 4) is 0 Å². The molecule has 2 aromatic carbocycles. The standard InChI is InChI=1S/C24H22F3N5O2/c25-24(26,27)18-6-2-8-20(13-18)31-22(33)16-4-1-7-19(12-16)30-23(34)17-5-3-11-32(15-17)21-14-28-9-10-29-21/h1-2,4,6-10,12-14,17H,3,5,11,15H2,(H,30,34)(H,31,33). The van der Waals surface area contributed by atoms with Crippen LogP contribution in [0.1, 0.15) is 28.8 Å². The molecule has 10 heteroatoms. The first-order valence-electron chi connectivity index (χ1n) is 10.7. The van der Waals surface area contributed by atoms with Crippen molar-refractivity contribution < 1.29 is 22.8 Å². The van der Waals surface area contributed by atoms with Crippen LogP contribution >= 0.6 is 0 Å². The molecule has 0 radical (unpaired) electrons. The number of aromatic nitrogens is 2. The van der Waals surface area contributed by atoms with Gasteiger partial charge in [-0.25, -0.2) is 4.98 Å². The van der Waals surface area contributed by atoms with Crippen molar-refractivity contribution in [2.45, 2.75) is 19.0 Å². The molecule has 0 spiro atoms. The minimum Gasteiger partial charge on any atom is -0.355 e. The highest BCUT2D eigenvalue weighted by molar-refractivity contribution is 6.05. The van der Waals surface area contributed by atoms with Gasteiger partial charge in [0.25, 0.3) is 5.91 Å². The van der Waals surface area contributed by atoms with E-state index in [9.17, 15) is 22.8 Å². The quantitative estimate of drug-likeness (QED) is 0.570. The van der Waals surface area contributed by atoms with Crippen molar-refractivity contribution >= 4 is 29.0 Å². The lowest BCUT2D eigenvalue weighted by Crippen LogP contribution is -2.41. The molecule has 176 valence electrons. The Morgan fingerprint density at radius 2 is 1.76 bits per heavy atom. The molecular formula is C24H22F3N5O2. The molecule has 1 saturated heterocycles. The summed E-state index contributed by atoms with van der Waals surface area (Å²) in [7, 11) is 0. The Bertz CT molecular complexity index is 1170. The molecule has 1 fully saturated rings. The topological polar surface area (TPSA) is 87.2 Å². The predicted octanol–water partition coefficient (Wildman–Crippen LogP) is 4.60. The lowest BCUT2D eigenvalue weighted by molar-refractivity contribution is -0.137. The molecule has 4 rings (SSSR count). The molecule has 1 atom stereocenters. The Kier molecular flexibility index (Phi) is 6.76. The maximum Gasteiger partial charge on any atom is 0.416 e. The van der Waals surface area contributed by atoms with E-state index in [1.165, 1.54) is 24.3 Å². The average Bonchev–Trinajstić information content (AvgIpc) is 2.84. The van der Waals surface area contributed by atoms with Crippen LogP contribution in [0, 0.1) is 5.92 Å². The first-order valence-corrected chi connectivity index (χ1v) is 10.7. The lowest BCUT2D eigenvalue weighted by Gasteiger charge is -2.32. The predicted molar refractivity (Wildman–Crippen MR) is 121 cm³/mol. The van der Waals surface area contributed by atoms with Crippen molar-refractivity contribution in [3.63, 3.8) is 0 Å². The minimum atomic E-state index is -4.51. The number of piperidine rings is 1. The highest BCUT2D eigenvalue weighted by atomic mass is 19.4. The van der Waals surface area contributed by atoms with Crippen molar-refractivity contribution in [1.82, 2.24) is 9.97 Å². The summed E-state index contributed by atoms with van der Waals surface area (Å²) in [5, 5.41) is 5.31. The maximum atomic E-state index is 12.9. The fourth-order valence-corrected chi connectivity index (χ4v) is 3.81. The molecule has 1 unspecified atom stereocenters. The number of rotatable bonds is 5. The third kappa shape index (κ3) is 5.69. The maximum absolute atomic E-state index is 12.9. The summed E-state index contributed by atoms with van der Waals surface area (Å²) in [6.45, 7) is 1.29. The summed E-state index contributed by atoms with van der Waals surface area (Å²) in [6.07, 6.45) is 1.90. The van der Waals surface area contributed by atoms with Gasteiger partial charge in [-0.3, -0.25) is 14.6 Å². The van der Waals surface area contributed by atoms with Crippen molar-refractivity contribution in [1.29, 1.82) is 0 Å². The van der Waals surface area contributed by atoms with E-state index in [0.717, 1.165) is 31.5 Å². The second kappa shape index (κ2) is 9.90. The number of hydrogen-bond acceptors (Lipinski definition) is 5. The zero-order valence-electron chi connectivity index (χ0n) is 18.0. The van der Waals surface area contributed by atoms with Crippen LogP contribution in [0.5, 0.6) is 0 Å². The molecule has 3 aromatic rings. The number of amides is 2. The van der Waals surface area contributed by atoms with Gasteiger partial charge in [0.15, 0.2) is 0 Å². The molecule has 34 heavy (non-hydrogen) atoms. The Hall–Kier alpha value is -3.95. The molecule has 0 aliphatic carbocycles. The summed E-state index contributed by atoms with van der Waals surface area (Å²) in [4.78, 5) is 35.8. The van der Waals surface area contributed by atoms with E-state index in [1.807, 2.05) is 4.90 Å². The minimum absolute atomic E-state index is 0.0283. The summed E-state index contributed by atoms with van der Waals surface area (Å²) in [6, 6.07) is 10.7. The molecule has 2 heterocycles. The third-order valence-electron chi connectivity index (χ3n) is 5.51. The van der Waals surface area contributed by atoms with Gasteiger partial charge >= 0.3 is 6.18 Å². The summed E-state index contributed by atoms with van der Waals surface area (Å²) >= 11 is 0. The number of anilines is 3. The molecule has 2 amide bonds. The second-order valence-corrected chi connectivity index (χ2v) is 7.95. The number of hydrogen-bond donors (Lipinski definition) is 2. The van der Waals surface area contributed by atoms with E-state index >= 15 is 0 Å². The van der Waals surface area contributed by atoms with E-state index in [4.69, 9.17) is 0 Å². The van der Waals surface area contributed by atoms with Gasteiger partial charge in [0, 0.05) is 42.4 Å². The zero-order chi connectivity index (χ0) is 24.1. The highest BCUT2D eigenvalue weighted by Gasteiger charge is 2.30. The fraction of sp³-hybridized carbons (Fsp3) is 0.250. The van der Waals surface area contributed by atoms with Crippen molar-refractivity contribution in [2.24, 2.45) is 5.92 Å². The monoisotopic (exact) mass is 469 g/mol. The highest BCUT2D eigenvalue weighted by Crippen LogP contribution is 2.31. The Labute approximate surface area is 194 Å². The smallest absolute Gasteiger partial charge is 0.355 e. The van der Waals surface area contributed by atoms with Crippen LogP contribution in [0.3, 0.4) is 0 Å². The SMILES string of the molecule is O=C(Nc1cccc(C(F)(F)F)c1)c1cccc(NC(=O)C2CCCN(c3cnccn3)C2)c1. The number of halogens is 3. The summed E-state index contributed by atoms with van der Waals surface area (Å²) < 4.78 is 38.7. The molecule has 7 nitrogen and oxygen atoms in total. The normalized spacial score (nSPS) is 16.1. The fourth-order valence-electron chi connectivity index (χ4n) is 3.81. The Balaban J connectivity index is 1.40. The first kappa shape index (κ1) is 23.2. The van der Waals surface area contributed by atoms with E-state index < -0.39 is 17.6 Å². The summed E-state index contributed by atoms with van der Waals surface area (Å²) in [5.41, 5.74) is -0.187. The van der Waals surface area contributed by atoms with Gasteiger partial charge in [-0.05, 0) is 49.2 Å². The van der Waals surface area contributed by atoms with Crippen LogP contribution < -0.4 is 15.5 Å². The number of alkyl halides is 3. The van der Waals surface area contributed by atoms with E-state index in [0.29, 0.717) is 18.1 Å². The van der Waals surface area contributed by atoms with Crippen LogP contribution in [0.4, 0.5) is 30.4 Å². The van der Waals surface area contributed by atoms with Crippen LogP contribution in [0.15, 0.2) is 67.1 Å². The van der Waals surface area contributed by atoms with E-state index in [-0.39, 0.29) is 23.1 Å². The molecule has 0 saturated carbocycles. The van der Waals surface area contributed by atoms with E-state index in [1.54, 1.807) is 30.7 Å². The van der Waals surface area contributed by atoms with Gasteiger partial charge in [0.05, 0.1) is 17.7 Å². The van der Waals surface area contributed by atoms with Crippen LogP contribution in [0.2, 0.25) is 0 Å². The van der Waals surface area contributed by atoms with Crippen LogP contribution in [0.25, 0.3) is 0 Å². The number of carbonyl (C=O) groups excluding carboxylic acids is 2. The van der Waals surface area contributed by atoms with Gasteiger partial charge in [0.2, 0.25) is 5.91 Å². The average molecular weight is 469 g/mol. The number of nitrogens with one attached hydrogen (secondary N) is 2. The largest absolute Gasteiger partial charge is 0.416 e. The lowest BCUT2D eigenvalue weighted by atomic mass is 9.97. The van der Waals surface area contributed by atoms with Crippen LogP contribution in [-0.2, 0) is 11.0 Å². The van der Waals surface area contributed by atoms with Gasteiger partial charge < -0.3 is 15.5 Å². The number of carbonyl (C=O) groups is 2. The van der Waals surface area contributed by atoms with Gasteiger partial charge in [-0.15, -0.1) is 0 Å². The van der Waals surface area contributed by atoms with Crippen molar-refractivity contribution in [3.05, 3.63) is 78.2 Å². The molecule has 1 aliphatic rings. The number of benzene rings is 2. The van der Waals surface area contributed by atoms with Gasteiger partial charge in [0.1, 0.15) is 5.82 Å². The molecular weight excluding hydrogens is 447 g/mol. The van der Waals surface area contributed by atoms with Crippen molar-refractivity contribution in [2.75, 3.05) is 28.6 Å². The Morgan fingerprint density at radius 3 is 2.50 bits per heavy atom. The van der Waals surface area contributed by atoms with E-state index in [2.05, 4.69) is 20.6 Å². The van der Waals surface area contributed by atoms with Gasteiger partial charge in [-0.2, -0.15) is 13.2 Å². The molecule has 1 aromatic heterocycles. The second-order valence-electron chi connectivity index (χ2n) is 7.95. The third-order valence-corrected chi connectivity index (χ3v) is 5.51. The Morgan fingerprint density at radius 1 is 1.00 bits per heavy atom. The zero-order valence-corrected chi connectivity index (χ0v) is 18.0. The summed E-state index contributed by atoms with van der Waals surface area (Å²) in [5.74, 6) is -0.308. The van der Waals surface area contributed by atoms with Gasteiger partial charge in [-0.1, -0.05) is 12.1 Å². The molecule has 1 aliphatic heterocycles. The first-order chi connectivity index (χ1) is 16.3. The molecule has 0 bridgehead atoms. The van der Waals surface area contributed by atoms with Crippen LogP contribution in [-0.4, -0.2) is 34.9 Å². The number of nitrogens with zero attached hydrogens (tertiary/aromatic N) is 3. The molecule has 2 N–H and O–H groups in total.